The zero-order valence-corrected chi connectivity index (χ0v) is 11.9. The molecular formula is C13H14BrClN2. The lowest BCUT2D eigenvalue weighted by Gasteiger charge is -2.06. The van der Waals surface area contributed by atoms with Gasteiger partial charge in [0.25, 0.3) is 0 Å². The molecule has 90 valence electrons. The molecule has 1 N–H and O–H groups in total. The Morgan fingerprint density at radius 2 is 2.18 bits per heavy atom. The number of hydrogen-bond acceptors (Lipinski definition) is 1. The molecule has 0 saturated carbocycles. The van der Waals surface area contributed by atoms with E-state index in [0.29, 0.717) is 0 Å². The second-order valence-corrected chi connectivity index (χ2v) is 5.09. The maximum absolute atomic E-state index is 5.94. The van der Waals surface area contributed by atoms with Crippen molar-refractivity contribution in [2.45, 2.75) is 20.0 Å². The molecule has 0 bridgehead atoms. The monoisotopic (exact) mass is 312 g/mol. The first-order chi connectivity index (χ1) is 8.19. The van der Waals surface area contributed by atoms with Crippen LogP contribution in [0.1, 0.15) is 12.5 Å². The highest BCUT2D eigenvalue weighted by molar-refractivity contribution is 9.10. The van der Waals surface area contributed by atoms with Gasteiger partial charge in [0, 0.05) is 35.6 Å². The number of rotatable bonds is 4. The lowest BCUT2D eigenvalue weighted by molar-refractivity contribution is 0.766. The molecule has 0 fully saturated rings. The van der Waals surface area contributed by atoms with Gasteiger partial charge in [0.15, 0.2) is 0 Å². The SMILES string of the molecule is CCn1ccc(CNc2ccc(Cl)c(Br)c2)c1. The second kappa shape index (κ2) is 5.61. The Morgan fingerprint density at radius 3 is 2.82 bits per heavy atom. The lowest BCUT2D eigenvalue weighted by Crippen LogP contribution is -1.98. The molecule has 2 aromatic rings. The van der Waals surface area contributed by atoms with Crippen molar-refractivity contribution in [3.8, 4) is 0 Å². The fourth-order valence-electron chi connectivity index (χ4n) is 1.60. The summed E-state index contributed by atoms with van der Waals surface area (Å²) in [5, 5.41) is 4.09. The Balaban J connectivity index is 1.99. The van der Waals surface area contributed by atoms with Crippen molar-refractivity contribution in [2.75, 3.05) is 5.32 Å². The maximum Gasteiger partial charge on any atom is 0.0549 e. The smallest absolute Gasteiger partial charge is 0.0549 e. The van der Waals surface area contributed by atoms with Crippen LogP contribution in [0.2, 0.25) is 5.02 Å². The van der Waals surface area contributed by atoms with Crippen LogP contribution < -0.4 is 5.32 Å². The number of hydrogen-bond donors (Lipinski definition) is 1. The molecule has 0 aliphatic rings. The highest BCUT2D eigenvalue weighted by atomic mass is 79.9. The summed E-state index contributed by atoms with van der Waals surface area (Å²) in [7, 11) is 0. The minimum atomic E-state index is 0.729. The topological polar surface area (TPSA) is 17.0 Å². The third-order valence-electron chi connectivity index (χ3n) is 2.59. The first-order valence-corrected chi connectivity index (χ1v) is 6.69. The third-order valence-corrected chi connectivity index (χ3v) is 3.81. The Labute approximate surface area is 115 Å². The van der Waals surface area contributed by atoms with Crippen LogP contribution >= 0.6 is 27.5 Å². The van der Waals surface area contributed by atoms with Crippen LogP contribution in [0.3, 0.4) is 0 Å². The van der Waals surface area contributed by atoms with Crippen molar-refractivity contribution in [3.05, 3.63) is 51.7 Å². The van der Waals surface area contributed by atoms with Gasteiger partial charge in [0.1, 0.15) is 0 Å². The fourth-order valence-corrected chi connectivity index (χ4v) is 2.10. The van der Waals surface area contributed by atoms with Gasteiger partial charge in [-0.15, -0.1) is 0 Å². The molecule has 0 amide bonds. The van der Waals surface area contributed by atoms with Gasteiger partial charge in [-0.3, -0.25) is 0 Å². The molecule has 0 spiro atoms. The normalized spacial score (nSPS) is 10.5. The average molecular weight is 314 g/mol. The van der Waals surface area contributed by atoms with Crippen LogP contribution in [0.15, 0.2) is 41.1 Å². The second-order valence-electron chi connectivity index (χ2n) is 3.83. The summed E-state index contributed by atoms with van der Waals surface area (Å²) in [6.07, 6.45) is 4.24. The van der Waals surface area contributed by atoms with E-state index in [-0.39, 0.29) is 0 Å². The molecule has 1 heterocycles. The highest BCUT2D eigenvalue weighted by Crippen LogP contribution is 2.25. The van der Waals surface area contributed by atoms with Crippen LogP contribution in [-0.4, -0.2) is 4.57 Å². The molecule has 0 atom stereocenters. The predicted molar refractivity (Wildman–Crippen MR) is 76.6 cm³/mol. The Kier molecular flexibility index (Phi) is 4.13. The molecule has 0 radical (unpaired) electrons. The number of aryl methyl sites for hydroxylation is 1. The van der Waals surface area contributed by atoms with Crippen LogP contribution in [0.5, 0.6) is 0 Å². The van der Waals surface area contributed by atoms with Crippen molar-refractivity contribution in [2.24, 2.45) is 0 Å². The third kappa shape index (κ3) is 3.27. The summed E-state index contributed by atoms with van der Waals surface area (Å²) in [5.74, 6) is 0. The number of nitrogens with zero attached hydrogens (tertiary/aromatic N) is 1. The van der Waals surface area contributed by atoms with E-state index in [2.05, 4.69) is 51.2 Å². The van der Waals surface area contributed by atoms with E-state index < -0.39 is 0 Å². The molecule has 0 unspecified atom stereocenters. The van der Waals surface area contributed by atoms with Gasteiger partial charge in [-0.25, -0.2) is 0 Å². The van der Waals surface area contributed by atoms with Crippen molar-refractivity contribution < 1.29 is 0 Å². The van der Waals surface area contributed by atoms with Crippen LogP contribution in [-0.2, 0) is 13.1 Å². The van der Waals surface area contributed by atoms with Gasteiger partial charge in [-0.2, -0.15) is 0 Å². The molecule has 0 aliphatic heterocycles. The highest BCUT2D eigenvalue weighted by Gasteiger charge is 2.00. The molecule has 17 heavy (non-hydrogen) atoms. The zero-order chi connectivity index (χ0) is 12.3. The minimum absolute atomic E-state index is 0.729. The van der Waals surface area contributed by atoms with Gasteiger partial charge in [0.2, 0.25) is 0 Å². The van der Waals surface area contributed by atoms with Crippen molar-refractivity contribution in [3.63, 3.8) is 0 Å². The lowest BCUT2D eigenvalue weighted by atomic mass is 10.3. The van der Waals surface area contributed by atoms with E-state index in [0.717, 1.165) is 28.3 Å². The molecule has 0 aliphatic carbocycles. The molecule has 1 aromatic carbocycles. The maximum atomic E-state index is 5.94. The number of anilines is 1. The van der Waals surface area contributed by atoms with Crippen molar-refractivity contribution in [1.82, 2.24) is 4.57 Å². The summed E-state index contributed by atoms with van der Waals surface area (Å²) in [6.45, 7) is 3.96. The Hall–Kier alpha value is -0.930. The summed E-state index contributed by atoms with van der Waals surface area (Å²) in [4.78, 5) is 0. The van der Waals surface area contributed by atoms with Crippen LogP contribution in [0.25, 0.3) is 0 Å². The first-order valence-electron chi connectivity index (χ1n) is 5.52. The van der Waals surface area contributed by atoms with Gasteiger partial charge in [-0.1, -0.05) is 11.6 Å². The molecular weight excluding hydrogens is 300 g/mol. The van der Waals surface area contributed by atoms with Gasteiger partial charge < -0.3 is 9.88 Å². The van der Waals surface area contributed by atoms with Crippen molar-refractivity contribution in [1.29, 1.82) is 0 Å². The number of halogens is 2. The van der Waals surface area contributed by atoms with E-state index in [1.807, 2.05) is 18.2 Å². The first kappa shape index (κ1) is 12.5. The van der Waals surface area contributed by atoms with E-state index in [1.165, 1.54) is 5.56 Å². The fraction of sp³-hybridized carbons (Fsp3) is 0.231. The van der Waals surface area contributed by atoms with E-state index >= 15 is 0 Å². The van der Waals surface area contributed by atoms with Crippen LogP contribution in [0, 0.1) is 0 Å². The Morgan fingerprint density at radius 1 is 1.35 bits per heavy atom. The van der Waals surface area contributed by atoms with E-state index in [1.54, 1.807) is 0 Å². The standard InChI is InChI=1S/C13H14BrClN2/c1-2-17-6-5-10(9-17)8-16-11-3-4-13(15)12(14)7-11/h3-7,9,16H,2,8H2,1H3. The number of aromatic nitrogens is 1. The van der Waals surface area contributed by atoms with Crippen LogP contribution in [0.4, 0.5) is 5.69 Å². The molecule has 1 aromatic heterocycles. The number of nitrogens with one attached hydrogen (secondary N) is 1. The molecule has 2 nitrogen and oxygen atoms in total. The Bertz CT molecular complexity index is 508. The van der Waals surface area contributed by atoms with Gasteiger partial charge >= 0.3 is 0 Å². The van der Waals surface area contributed by atoms with Gasteiger partial charge in [0.05, 0.1) is 5.02 Å². The quantitative estimate of drug-likeness (QED) is 0.877. The van der Waals surface area contributed by atoms with E-state index in [9.17, 15) is 0 Å². The molecule has 4 heteroatoms. The summed E-state index contributed by atoms with van der Waals surface area (Å²) in [5.41, 5.74) is 2.34. The average Bonchev–Trinajstić information content (AvgIpc) is 2.79. The van der Waals surface area contributed by atoms with Gasteiger partial charge in [-0.05, 0) is 52.7 Å². The predicted octanol–water partition coefficient (Wildman–Crippen LogP) is 4.54. The largest absolute Gasteiger partial charge is 0.381 e. The number of benzene rings is 1. The summed E-state index contributed by atoms with van der Waals surface area (Å²) < 4.78 is 3.07. The summed E-state index contributed by atoms with van der Waals surface area (Å²) >= 11 is 9.35. The molecule has 2 rings (SSSR count). The van der Waals surface area contributed by atoms with Crippen molar-refractivity contribution >= 4 is 33.2 Å². The van der Waals surface area contributed by atoms with E-state index in [4.69, 9.17) is 11.6 Å². The molecule has 0 saturated heterocycles. The minimum Gasteiger partial charge on any atom is -0.381 e. The zero-order valence-electron chi connectivity index (χ0n) is 9.58. The summed E-state index contributed by atoms with van der Waals surface area (Å²) in [6, 6.07) is 7.97.